The fourth-order valence-electron chi connectivity index (χ4n) is 4.00. The molecule has 2 aliphatic rings. The number of carboxylic acid groups (broad SMARTS) is 1. The number of nitrogens with two attached hydrogens (primary N) is 1. The van der Waals surface area contributed by atoms with E-state index in [2.05, 4.69) is 5.32 Å². The van der Waals surface area contributed by atoms with Crippen LogP contribution in [0, 0.1) is 0 Å². The molecule has 4 N–H and O–H groups in total. The van der Waals surface area contributed by atoms with E-state index in [1.54, 1.807) is 17.6 Å². The quantitative estimate of drug-likeness (QED) is 0.257. The Bertz CT molecular complexity index is 1530. The highest BCUT2D eigenvalue weighted by atomic mass is 35.5. The first kappa shape index (κ1) is 26.5. The number of amides is 2. The third kappa shape index (κ3) is 5.13. The molecule has 3 aromatic heterocycles. The summed E-state index contributed by atoms with van der Waals surface area (Å²) >= 11 is 12.9. The number of nitrogens with zero attached hydrogens (tertiary/aromatic N) is 1. The second kappa shape index (κ2) is 10.9. The predicted molar refractivity (Wildman–Crippen MR) is 152 cm³/mol. The number of aliphatic carboxylic acids is 1. The van der Waals surface area contributed by atoms with Gasteiger partial charge in [-0.2, -0.15) is 0 Å². The summed E-state index contributed by atoms with van der Waals surface area (Å²) in [7, 11) is 0. The Labute approximate surface area is 236 Å². The van der Waals surface area contributed by atoms with Crippen LogP contribution in [0.3, 0.4) is 0 Å². The van der Waals surface area contributed by atoms with Crippen LogP contribution in [-0.2, 0) is 27.3 Å². The molecular weight excluding hydrogens is 594 g/mol. The largest absolute Gasteiger partial charge is 0.477 e. The van der Waals surface area contributed by atoms with Gasteiger partial charge in [-0.1, -0.05) is 29.4 Å². The van der Waals surface area contributed by atoms with E-state index in [9.17, 15) is 24.3 Å². The number of halogens is 1. The summed E-state index contributed by atoms with van der Waals surface area (Å²) in [5.74, 6) is -1.59. The average Bonchev–Trinajstić information content (AvgIpc) is 3.51. The normalized spacial score (nSPS) is 19.4. The molecule has 0 aliphatic carbocycles. The maximum Gasteiger partial charge on any atom is 0.352 e. The molecule has 3 aromatic rings. The molecule has 5 rings (SSSR count). The lowest BCUT2D eigenvalue weighted by molar-refractivity contribution is -0.150. The molecule has 2 unspecified atom stereocenters. The summed E-state index contributed by atoms with van der Waals surface area (Å²) in [4.78, 5) is 52.3. The molecule has 2 amide bonds. The van der Waals surface area contributed by atoms with E-state index in [4.69, 9.17) is 17.3 Å². The van der Waals surface area contributed by atoms with Gasteiger partial charge in [0.15, 0.2) is 5.43 Å². The molecule has 0 aromatic carbocycles. The third-order valence-electron chi connectivity index (χ3n) is 5.70. The predicted octanol–water partition coefficient (Wildman–Crippen LogP) is 4.08. The molecule has 1 fully saturated rings. The van der Waals surface area contributed by atoms with Crippen molar-refractivity contribution >= 4 is 96.3 Å². The van der Waals surface area contributed by atoms with Gasteiger partial charge in [0.05, 0.1) is 24.4 Å². The number of carbonyl (C=O) groups is 3. The first-order valence-electron chi connectivity index (χ1n) is 10.8. The van der Waals surface area contributed by atoms with Crippen LogP contribution in [0.2, 0.25) is 4.34 Å². The molecule has 5 heterocycles. The number of nitrogens with one attached hydrogen (secondary N) is 1. The van der Waals surface area contributed by atoms with Crippen molar-refractivity contribution in [3.05, 3.63) is 71.3 Å². The van der Waals surface area contributed by atoms with E-state index in [0.29, 0.717) is 30.8 Å². The van der Waals surface area contributed by atoms with Crippen LogP contribution >= 0.6 is 69.1 Å². The van der Waals surface area contributed by atoms with Gasteiger partial charge in [0, 0.05) is 22.7 Å². The minimum absolute atomic E-state index is 0.0669. The molecule has 8 nitrogen and oxygen atoms in total. The van der Waals surface area contributed by atoms with E-state index in [1.807, 2.05) is 17.5 Å². The number of fused-ring (bicyclic) bond motifs is 2. The maximum atomic E-state index is 12.9. The van der Waals surface area contributed by atoms with Crippen molar-refractivity contribution in [2.24, 2.45) is 5.73 Å². The summed E-state index contributed by atoms with van der Waals surface area (Å²) in [5, 5.41) is 16.3. The van der Waals surface area contributed by atoms with Crippen LogP contribution < -0.4 is 16.5 Å². The van der Waals surface area contributed by atoms with Crippen LogP contribution in [0.4, 0.5) is 0 Å². The molecule has 1 saturated heterocycles. The number of thioether (sulfide) groups is 2. The second-order valence-corrected chi connectivity index (χ2v) is 14.2. The Morgan fingerprint density at radius 1 is 1.32 bits per heavy atom. The molecule has 0 bridgehead atoms. The van der Waals surface area contributed by atoms with E-state index in [-0.39, 0.29) is 30.0 Å². The summed E-state index contributed by atoms with van der Waals surface area (Å²) in [6.07, 6.45) is 1.82. The van der Waals surface area contributed by atoms with Crippen molar-refractivity contribution in [1.82, 2.24) is 10.2 Å². The fraction of sp³-hybridized carbons (Fsp3) is 0.217. The zero-order valence-electron chi connectivity index (χ0n) is 18.8. The van der Waals surface area contributed by atoms with Gasteiger partial charge in [-0.05, 0) is 34.6 Å². The Morgan fingerprint density at radius 3 is 2.84 bits per heavy atom. The zero-order valence-corrected chi connectivity index (χ0v) is 23.6. The summed E-state index contributed by atoms with van der Waals surface area (Å²) in [6.45, 7) is 0.0669. The Morgan fingerprint density at radius 2 is 2.14 bits per heavy atom. The van der Waals surface area contributed by atoms with Gasteiger partial charge >= 0.3 is 5.97 Å². The lowest BCUT2D eigenvalue weighted by atomic mass is 10.0. The summed E-state index contributed by atoms with van der Waals surface area (Å²) in [6, 6.07) is 4.58. The minimum Gasteiger partial charge on any atom is -0.477 e. The second-order valence-electron chi connectivity index (χ2n) is 7.96. The fourth-order valence-corrected chi connectivity index (χ4v) is 9.97. The first-order chi connectivity index (χ1) is 17.8. The van der Waals surface area contributed by atoms with Gasteiger partial charge in [0.25, 0.3) is 5.91 Å². The van der Waals surface area contributed by atoms with Gasteiger partial charge in [-0.15, -0.1) is 45.8 Å². The summed E-state index contributed by atoms with van der Waals surface area (Å²) < 4.78 is 2.03. The molecule has 14 heteroatoms. The standard InChI is InChI=1S/C23H18ClN3O5S5/c24-14-7-12-18(29)13(8-25)22(37-23(12)36-14)34-5-3-10-9-35-20-16(19(30)27(20)17(10)21(31)32)26-15(28)6-11-2-1-4-33-11/h1-5,7,16,20H,6,8-9,25H2,(H,26,28)(H,31,32)/b5-3+. The Hall–Kier alpha value is -2.13. The number of carboxylic acids is 1. The number of hydrogen-bond acceptors (Lipinski definition) is 10. The molecule has 192 valence electrons. The smallest absolute Gasteiger partial charge is 0.352 e. The van der Waals surface area contributed by atoms with Gasteiger partial charge in [-0.3, -0.25) is 19.3 Å². The van der Waals surface area contributed by atoms with Crippen molar-refractivity contribution in [2.75, 3.05) is 5.75 Å². The number of hydrogen-bond donors (Lipinski definition) is 3. The first-order valence-corrected chi connectivity index (χ1v) is 15.6. The lowest BCUT2D eigenvalue weighted by Gasteiger charge is -2.49. The van der Waals surface area contributed by atoms with Crippen LogP contribution in [0.1, 0.15) is 10.4 Å². The van der Waals surface area contributed by atoms with Crippen molar-refractivity contribution in [2.45, 2.75) is 28.6 Å². The molecule has 0 spiro atoms. The van der Waals surface area contributed by atoms with E-state index in [0.717, 1.165) is 8.89 Å². The molecule has 2 atom stereocenters. The number of thiophene rings is 2. The van der Waals surface area contributed by atoms with E-state index in [1.165, 1.54) is 62.4 Å². The van der Waals surface area contributed by atoms with Gasteiger partial charge in [-0.25, -0.2) is 4.79 Å². The zero-order chi connectivity index (χ0) is 26.3. The SMILES string of the molecule is NCc1c(S/C=C/C2=C(C(=O)O)N3C(=O)C(NC(=O)Cc4cccs4)C3SC2)sc2sc(Cl)cc2c1=O. The van der Waals surface area contributed by atoms with Crippen molar-refractivity contribution in [1.29, 1.82) is 0 Å². The Kier molecular flexibility index (Phi) is 7.82. The van der Waals surface area contributed by atoms with Crippen LogP contribution in [0.25, 0.3) is 9.40 Å². The molecule has 0 radical (unpaired) electrons. The molecule has 37 heavy (non-hydrogen) atoms. The lowest BCUT2D eigenvalue weighted by Crippen LogP contribution is -2.70. The van der Waals surface area contributed by atoms with Crippen LogP contribution in [-0.4, -0.2) is 45.0 Å². The van der Waals surface area contributed by atoms with Crippen LogP contribution in [0.15, 0.2) is 55.3 Å². The van der Waals surface area contributed by atoms with Gasteiger partial charge in [0.1, 0.15) is 17.1 Å². The average molecular weight is 612 g/mol. The third-order valence-corrected chi connectivity index (χ3v) is 11.5. The topological polar surface area (TPSA) is 130 Å². The van der Waals surface area contributed by atoms with E-state index < -0.39 is 23.3 Å². The summed E-state index contributed by atoms with van der Waals surface area (Å²) in [5.41, 5.74) is 6.54. The molecular formula is C23H18ClN3O5S5. The highest BCUT2D eigenvalue weighted by Gasteiger charge is 2.53. The van der Waals surface area contributed by atoms with Crippen molar-refractivity contribution in [3.63, 3.8) is 0 Å². The van der Waals surface area contributed by atoms with Crippen molar-refractivity contribution < 1.29 is 19.5 Å². The minimum atomic E-state index is -1.21. The maximum absolute atomic E-state index is 12.9. The number of carbonyl (C=O) groups excluding carboxylic acids is 2. The molecule has 0 saturated carbocycles. The van der Waals surface area contributed by atoms with Gasteiger partial charge < -0.3 is 16.2 Å². The highest BCUT2D eigenvalue weighted by Crippen LogP contribution is 2.42. The molecule has 2 aliphatic heterocycles. The number of β-lactam (4-membered cyclic amide) rings is 1. The highest BCUT2D eigenvalue weighted by molar-refractivity contribution is 8.04. The monoisotopic (exact) mass is 611 g/mol. The van der Waals surface area contributed by atoms with E-state index >= 15 is 0 Å². The Balaban J connectivity index is 1.33. The van der Waals surface area contributed by atoms with Crippen molar-refractivity contribution in [3.8, 4) is 0 Å². The number of allylic oxidation sites excluding steroid dienone is 1. The number of rotatable bonds is 8. The van der Waals surface area contributed by atoms with Gasteiger partial charge in [0.2, 0.25) is 5.91 Å². The van der Waals surface area contributed by atoms with Crippen LogP contribution in [0.5, 0.6) is 0 Å².